The van der Waals surface area contributed by atoms with Gasteiger partial charge in [-0.2, -0.15) is 0 Å². The van der Waals surface area contributed by atoms with Crippen molar-refractivity contribution in [2.75, 3.05) is 11.9 Å². The van der Waals surface area contributed by atoms with E-state index in [0.29, 0.717) is 0 Å². The predicted molar refractivity (Wildman–Crippen MR) is 62.8 cm³/mol. The lowest BCUT2D eigenvalue weighted by molar-refractivity contribution is -0.385. The van der Waals surface area contributed by atoms with Crippen LogP contribution in [0, 0.1) is 10.1 Å². The number of alkyl halides is 2. The number of nitro groups is 1. The van der Waals surface area contributed by atoms with E-state index in [9.17, 15) is 24.0 Å². The molecule has 0 bridgehead atoms. The lowest BCUT2D eigenvalue weighted by atomic mass is 10.1. The van der Waals surface area contributed by atoms with Gasteiger partial charge in [-0.05, 0) is 19.9 Å². The molecule has 0 unspecified atom stereocenters. The van der Waals surface area contributed by atoms with E-state index in [1.807, 2.05) is 0 Å². The summed E-state index contributed by atoms with van der Waals surface area (Å²) in [6, 6.07) is 3.18. The lowest BCUT2D eigenvalue weighted by Crippen LogP contribution is -2.29. The van der Waals surface area contributed by atoms with Crippen LogP contribution in [0.1, 0.15) is 25.8 Å². The molecule has 0 spiro atoms. The number of hydrogen-bond donors (Lipinski definition) is 2. The van der Waals surface area contributed by atoms with E-state index in [0.717, 1.165) is 12.1 Å². The van der Waals surface area contributed by atoms with Crippen molar-refractivity contribution in [3.05, 3.63) is 33.9 Å². The van der Waals surface area contributed by atoms with E-state index in [1.54, 1.807) is 0 Å². The molecule has 0 saturated carbocycles. The third-order valence-corrected chi connectivity index (χ3v) is 2.19. The fourth-order valence-electron chi connectivity index (χ4n) is 1.32. The maximum Gasteiger partial charge on any atom is 0.270 e. The molecule has 0 fully saturated rings. The quantitative estimate of drug-likeness (QED) is 0.630. The number of nitrogens with one attached hydrogen (secondary N) is 1. The Bertz CT molecular complexity index is 444. The molecule has 18 heavy (non-hydrogen) atoms. The topological polar surface area (TPSA) is 75.4 Å². The lowest BCUT2D eigenvalue weighted by Gasteiger charge is -2.20. The molecule has 1 aromatic rings. The molecule has 0 heterocycles. The van der Waals surface area contributed by atoms with Crippen LogP contribution in [0.5, 0.6) is 0 Å². The number of halogens is 2. The van der Waals surface area contributed by atoms with Crippen molar-refractivity contribution >= 4 is 11.4 Å². The number of hydrogen-bond acceptors (Lipinski definition) is 4. The van der Waals surface area contributed by atoms with E-state index in [-0.39, 0.29) is 17.9 Å². The minimum atomic E-state index is -2.82. The molecule has 7 heteroatoms. The zero-order chi connectivity index (χ0) is 13.9. The summed E-state index contributed by atoms with van der Waals surface area (Å²) in [5.74, 6) is 0. The van der Waals surface area contributed by atoms with Crippen molar-refractivity contribution in [3.8, 4) is 0 Å². The maximum atomic E-state index is 12.8. The normalized spacial score (nSPS) is 11.7. The van der Waals surface area contributed by atoms with Crippen molar-refractivity contribution in [3.63, 3.8) is 0 Å². The molecule has 100 valence electrons. The smallest absolute Gasteiger partial charge is 0.270 e. The standard InChI is InChI=1S/C11H14F2N2O3/c1-11(2,16)6-14-9-4-3-7(15(17)18)5-8(9)10(12)13/h3-5,10,14,16H,6H2,1-2H3. The van der Waals surface area contributed by atoms with Crippen molar-refractivity contribution in [2.24, 2.45) is 0 Å². The van der Waals surface area contributed by atoms with Gasteiger partial charge in [0.25, 0.3) is 12.1 Å². The number of aliphatic hydroxyl groups is 1. The van der Waals surface area contributed by atoms with Crippen LogP contribution in [0.15, 0.2) is 18.2 Å². The van der Waals surface area contributed by atoms with Crippen molar-refractivity contribution < 1.29 is 18.8 Å². The molecular formula is C11H14F2N2O3. The SMILES string of the molecule is CC(C)(O)CNc1ccc([N+](=O)[O-])cc1C(F)F. The van der Waals surface area contributed by atoms with E-state index in [2.05, 4.69) is 5.32 Å². The van der Waals surface area contributed by atoms with Crippen LogP contribution in [0.4, 0.5) is 20.2 Å². The second kappa shape index (κ2) is 5.26. The van der Waals surface area contributed by atoms with Crippen LogP contribution >= 0.6 is 0 Å². The summed E-state index contributed by atoms with van der Waals surface area (Å²) in [4.78, 5) is 9.77. The monoisotopic (exact) mass is 260 g/mol. The van der Waals surface area contributed by atoms with Crippen LogP contribution < -0.4 is 5.32 Å². The third kappa shape index (κ3) is 3.92. The van der Waals surface area contributed by atoms with Crippen LogP contribution in [0.25, 0.3) is 0 Å². The van der Waals surface area contributed by atoms with Crippen LogP contribution in [0.2, 0.25) is 0 Å². The number of benzene rings is 1. The molecule has 0 amide bonds. The van der Waals surface area contributed by atoms with Crippen molar-refractivity contribution in [1.82, 2.24) is 0 Å². The molecule has 0 radical (unpaired) electrons. The summed E-state index contributed by atoms with van der Waals surface area (Å²) in [6.45, 7) is 3.10. The van der Waals surface area contributed by atoms with Gasteiger partial charge >= 0.3 is 0 Å². The number of rotatable bonds is 5. The molecule has 2 N–H and O–H groups in total. The van der Waals surface area contributed by atoms with Gasteiger partial charge in [0.15, 0.2) is 0 Å². The van der Waals surface area contributed by atoms with Crippen molar-refractivity contribution in [1.29, 1.82) is 0 Å². The van der Waals surface area contributed by atoms with Gasteiger partial charge < -0.3 is 10.4 Å². The van der Waals surface area contributed by atoms with E-state index >= 15 is 0 Å². The number of anilines is 1. The molecule has 5 nitrogen and oxygen atoms in total. The molecular weight excluding hydrogens is 246 g/mol. The third-order valence-electron chi connectivity index (χ3n) is 2.19. The molecule has 0 aliphatic rings. The van der Waals surface area contributed by atoms with Gasteiger partial charge in [0.05, 0.1) is 10.5 Å². The highest BCUT2D eigenvalue weighted by atomic mass is 19.3. The van der Waals surface area contributed by atoms with E-state index in [4.69, 9.17) is 0 Å². The van der Waals surface area contributed by atoms with Gasteiger partial charge in [-0.15, -0.1) is 0 Å². The Morgan fingerprint density at radius 1 is 1.50 bits per heavy atom. The Hall–Kier alpha value is -1.76. The molecule has 1 rings (SSSR count). The van der Waals surface area contributed by atoms with E-state index in [1.165, 1.54) is 19.9 Å². The first kappa shape index (κ1) is 14.3. The Morgan fingerprint density at radius 2 is 2.11 bits per heavy atom. The average Bonchev–Trinajstić information content (AvgIpc) is 2.24. The minimum Gasteiger partial charge on any atom is -0.389 e. The summed E-state index contributed by atoms with van der Waals surface area (Å²) in [5, 5.41) is 22.6. The van der Waals surface area contributed by atoms with Crippen molar-refractivity contribution in [2.45, 2.75) is 25.9 Å². The van der Waals surface area contributed by atoms with Crippen LogP contribution in [-0.4, -0.2) is 22.2 Å². The summed E-state index contributed by atoms with van der Waals surface area (Å²) >= 11 is 0. The fraction of sp³-hybridized carbons (Fsp3) is 0.455. The van der Waals surface area contributed by atoms with Crippen LogP contribution in [0.3, 0.4) is 0 Å². The Labute approximate surface area is 103 Å². The minimum absolute atomic E-state index is 0.0601. The molecule has 0 atom stereocenters. The van der Waals surface area contributed by atoms with Gasteiger partial charge in [0.1, 0.15) is 0 Å². The Morgan fingerprint density at radius 3 is 2.56 bits per heavy atom. The van der Waals surface area contributed by atoms with E-state index < -0.39 is 22.5 Å². The molecule has 1 aromatic carbocycles. The highest BCUT2D eigenvalue weighted by Gasteiger charge is 2.19. The zero-order valence-electron chi connectivity index (χ0n) is 9.98. The molecule has 0 aliphatic heterocycles. The Kier molecular flexibility index (Phi) is 4.18. The zero-order valence-corrected chi connectivity index (χ0v) is 9.98. The molecule has 0 aliphatic carbocycles. The Balaban J connectivity index is 3.01. The second-order valence-electron chi connectivity index (χ2n) is 4.50. The highest BCUT2D eigenvalue weighted by molar-refractivity contribution is 5.56. The highest BCUT2D eigenvalue weighted by Crippen LogP contribution is 2.30. The fourth-order valence-corrected chi connectivity index (χ4v) is 1.32. The maximum absolute atomic E-state index is 12.8. The van der Waals surface area contributed by atoms with Gasteiger partial charge in [-0.25, -0.2) is 8.78 Å². The largest absolute Gasteiger partial charge is 0.389 e. The molecule has 0 saturated heterocycles. The first-order valence-electron chi connectivity index (χ1n) is 5.23. The summed E-state index contributed by atoms with van der Waals surface area (Å²) in [7, 11) is 0. The first-order chi connectivity index (χ1) is 8.20. The second-order valence-corrected chi connectivity index (χ2v) is 4.50. The predicted octanol–water partition coefficient (Wildman–Crippen LogP) is 2.72. The summed E-state index contributed by atoms with van der Waals surface area (Å²) in [5.41, 5.74) is -1.83. The average molecular weight is 260 g/mol. The molecule has 0 aromatic heterocycles. The summed E-state index contributed by atoms with van der Waals surface area (Å²) in [6.07, 6.45) is -2.82. The van der Waals surface area contributed by atoms with Gasteiger partial charge in [0, 0.05) is 29.9 Å². The van der Waals surface area contributed by atoms with Gasteiger partial charge in [0.2, 0.25) is 0 Å². The number of nitro benzene ring substituents is 1. The van der Waals surface area contributed by atoms with Crippen LogP contribution in [-0.2, 0) is 0 Å². The number of non-ortho nitro benzene ring substituents is 1. The first-order valence-corrected chi connectivity index (χ1v) is 5.23. The van der Waals surface area contributed by atoms with Gasteiger partial charge in [-0.3, -0.25) is 10.1 Å². The van der Waals surface area contributed by atoms with Gasteiger partial charge in [-0.1, -0.05) is 0 Å². The summed E-state index contributed by atoms with van der Waals surface area (Å²) < 4.78 is 25.5. The number of nitrogens with zero attached hydrogens (tertiary/aromatic N) is 1.